The van der Waals surface area contributed by atoms with Crippen LogP contribution in [0.5, 0.6) is 0 Å². The van der Waals surface area contributed by atoms with Crippen LogP contribution in [0.2, 0.25) is 0 Å². The molecule has 0 saturated heterocycles. The van der Waals surface area contributed by atoms with E-state index in [0.717, 1.165) is 36.1 Å². The molecule has 0 unspecified atom stereocenters. The zero-order valence-electron chi connectivity index (χ0n) is 16.5. The second-order valence-corrected chi connectivity index (χ2v) is 8.24. The molecule has 9 heteroatoms. The number of rotatable bonds is 6. The highest BCUT2D eigenvalue weighted by Crippen LogP contribution is 2.28. The van der Waals surface area contributed by atoms with Crippen molar-refractivity contribution in [2.75, 3.05) is 6.54 Å². The van der Waals surface area contributed by atoms with Gasteiger partial charge in [-0.3, -0.25) is 20.4 Å². The first-order chi connectivity index (χ1) is 14.5. The second-order valence-electron chi connectivity index (χ2n) is 7.16. The molecule has 4 amide bonds. The van der Waals surface area contributed by atoms with Crippen molar-refractivity contribution < 1.29 is 18.8 Å². The number of hydrazine groups is 1. The van der Waals surface area contributed by atoms with Crippen LogP contribution in [0.3, 0.4) is 0 Å². The van der Waals surface area contributed by atoms with Gasteiger partial charge in [-0.15, -0.1) is 11.3 Å². The molecule has 30 heavy (non-hydrogen) atoms. The normalized spacial score (nSPS) is 14.0. The Bertz CT molecular complexity index is 879. The number of amides is 4. The number of nitrogens with one attached hydrogen (secondary N) is 4. The molecular formula is C21H25FN4O3S. The molecule has 4 N–H and O–H groups in total. The lowest BCUT2D eigenvalue weighted by atomic mass is 9.96. The number of urea groups is 1. The van der Waals surface area contributed by atoms with Crippen molar-refractivity contribution in [3.05, 3.63) is 47.1 Å². The van der Waals surface area contributed by atoms with Gasteiger partial charge in [0.05, 0.1) is 4.88 Å². The highest BCUT2D eigenvalue weighted by Gasteiger charge is 2.16. The number of thiophene rings is 1. The maximum absolute atomic E-state index is 13.0. The van der Waals surface area contributed by atoms with Crippen LogP contribution < -0.4 is 21.5 Å². The molecule has 160 valence electrons. The average Bonchev–Trinajstić information content (AvgIpc) is 3.23. The van der Waals surface area contributed by atoms with Crippen LogP contribution in [-0.2, 0) is 4.79 Å². The van der Waals surface area contributed by atoms with Gasteiger partial charge in [0.15, 0.2) is 0 Å². The lowest BCUT2D eigenvalue weighted by Crippen LogP contribution is -2.45. The van der Waals surface area contributed by atoms with E-state index in [2.05, 4.69) is 21.5 Å². The molecule has 1 aliphatic rings. The Morgan fingerprint density at radius 3 is 2.43 bits per heavy atom. The number of hydrogen-bond acceptors (Lipinski definition) is 4. The van der Waals surface area contributed by atoms with Gasteiger partial charge in [-0.25, -0.2) is 9.18 Å². The molecule has 0 bridgehead atoms. The highest BCUT2D eigenvalue weighted by molar-refractivity contribution is 7.17. The Morgan fingerprint density at radius 2 is 1.70 bits per heavy atom. The Hall–Kier alpha value is -2.94. The summed E-state index contributed by atoms with van der Waals surface area (Å²) in [5, 5.41) is 5.57. The zero-order valence-corrected chi connectivity index (χ0v) is 17.3. The number of benzene rings is 1. The molecule has 1 aliphatic carbocycles. The number of carbonyl (C=O) groups is 3. The van der Waals surface area contributed by atoms with Gasteiger partial charge in [0.2, 0.25) is 5.91 Å². The van der Waals surface area contributed by atoms with E-state index in [1.165, 1.54) is 29.9 Å². The van der Waals surface area contributed by atoms with E-state index >= 15 is 0 Å². The third-order valence-corrected chi connectivity index (χ3v) is 5.99. The van der Waals surface area contributed by atoms with E-state index in [-0.39, 0.29) is 30.9 Å². The lowest BCUT2D eigenvalue weighted by Gasteiger charge is -2.22. The van der Waals surface area contributed by atoms with Crippen molar-refractivity contribution in [2.45, 2.75) is 44.6 Å². The predicted octanol–water partition coefficient (Wildman–Crippen LogP) is 3.34. The largest absolute Gasteiger partial charge is 0.338 e. The minimum Gasteiger partial charge on any atom is -0.338 e. The quantitative estimate of drug-likeness (QED) is 0.527. The van der Waals surface area contributed by atoms with Crippen LogP contribution in [0.15, 0.2) is 36.4 Å². The summed E-state index contributed by atoms with van der Waals surface area (Å²) < 4.78 is 13.0. The highest BCUT2D eigenvalue weighted by atomic mass is 32.1. The summed E-state index contributed by atoms with van der Waals surface area (Å²) in [5.74, 6) is -1.17. The molecule has 0 spiro atoms. The van der Waals surface area contributed by atoms with Gasteiger partial charge in [0.25, 0.3) is 5.91 Å². The minimum absolute atomic E-state index is 0.0453. The predicted molar refractivity (Wildman–Crippen MR) is 113 cm³/mol. The first-order valence-electron chi connectivity index (χ1n) is 10.0. The Morgan fingerprint density at radius 1 is 0.967 bits per heavy atom. The molecule has 1 aromatic carbocycles. The van der Waals surface area contributed by atoms with E-state index in [1.807, 2.05) is 0 Å². The van der Waals surface area contributed by atoms with Crippen molar-refractivity contribution in [1.29, 1.82) is 0 Å². The molecule has 2 aromatic rings. The molecule has 3 rings (SSSR count). The Labute approximate surface area is 178 Å². The van der Waals surface area contributed by atoms with Crippen molar-refractivity contribution in [2.24, 2.45) is 0 Å². The topological polar surface area (TPSA) is 99.3 Å². The fourth-order valence-corrected chi connectivity index (χ4v) is 4.16. The minimum atomic E-state index is -0.440. The van der Waals surface area contributed by atoms with Crippen LogP contribution in [0, 0.1) is 5.82 Å². The van der Waals surface area contributed by atoms with Gasteiger partial charge in [-0.05, 0) is 42.7 Å². The van der Waals surface area contributed by atoms with Gasteiger partial charge in [-0.1, -0.05) is 31.4 Å². The summed E-state index contributed by atoms with van der Waals surface area (Å²) in [6.45, 7) is 0.175. The summed E-state index contributed by atoms with van der Waals surface area (Å²) in [4.78, 5) is 37.1. The van der Waals surface area contributed by atoms with E-state index in [9.17, 15) is 18.8 Å². The van der Waals surface area contributed by atoms with Crippen LogP contribution >= 0.6 is 11.3 Å². The summed E-state index contributed by atoms with van der Waals surface area (Å²) in [7, 11) is 0. The van der Waals surface area contributed by atoms with Crippen molar-refractivity contribution in [1.82, 2.24) is 21.5 Å². The number of carbonyl (C=O) groups excluding carboxylic acids is 3. The van der Waals surface area contributed by atoms with Gasteiger partial charge in [-0.2, -0.15) is 0 Å². The molecule has 0 radical (unpaired) electrons. The van der Waals surface area contributed by atoms with E-state index in [4.69, 9.17) is 0 Å². The maximum atomic E-state index is 13.0. The maximum Gasteiger partial charge on any atom is 0.315 e. The number of halogens is 1. The average molecular weight is 433 g/mol. The Kier molecular flexibility index (Phi) is 7.78. The standard InChI is InChI=1S/C21H25FN4O3S/c22-15-8-6-14(7-9-15)17-10-11-18(30-17)20(28)26-25-19(27)12-13-23-21(29)24-16-4-2-1-3-5-16/h6-11,16H,1-5,12-13H2,(H,25,27)(H,26,28)(H2,23,24,29). The van der Waals surface area contributed by atoms with E-state index < -0.39 is 11.8 Å². The third-order valence-electron chi connectivity index (χ3n) is 4.85. The molecule has 0 aliphatic heterocycles. The third kappa shape index (κ3) is 6.55. The SMILES string of the molecule is O=C(CCNC(=O)NC1CCCCC1)NNC(=O)c1ccc(-c2ccc(F)cc2)s1. The summed E-state index contributed by atoms with van der Waals surface area (Å²) >= 11 is 1.24. The fourth-order valence-electron chi connectivity index (χ4n) is 3.25. The second kappa shape index (κ2) is 10.7. The van der Waals surface area contributed by atoms with Crippen LogP contribution in [-0.4, -0.2) is 30.4 Å². The molecule has 1 fully saturated rings. The fraction of sp³-hybridized carbons (Fsp3) is 0.381. The molecule has 7 nitrogen and oxygen atoms in total. The van der Waals surface area contributed by atoms with Crippen molar-refractivity contribution in [3.8, 4) is 10.4 Å². The van der Waals surface area contributed by atoms with Crippen molar-refractivity contribution in [3.63, 3.8) is 0 Å². The molecule has 1 saturated carbocycles. The Balaban J connectivity index is 1.35. The molecule has 1 aromatic heterocycles. The molecule has 0 atom stereocenters. The van der Waals surface area contributed by atoms with Crippen LogP contribution in [0.25, 0.3) is 10.4 Å². The molecule has 1 heterocycles. The smallest absolute Gasteiger partial charge is 0.315 e. The summed E-state index contributed by atoms with van der Waals surface area (Å²) in [6, 6.07) is 9.34. The zero-order chi connectivity index (χ0) is 21.3. The summed E-state index contributed by atoms with van der Waals surface area (Å²) in [5.41, 5.74) is 5.51. The monoisotopic (exact) mass is 432 g/mol. The van der Waals surface area contributed by atoms with Gasteiger partial charge in [0.1, 0.15) is 5.82 Å². The molecular weight excluding hydrogens is 407 g/mol. The number of hydrogen-bond donors (Lipinski definition) is 4. The first kappa shape index (κ1) is 21.8. The van der Waals surface area contributed by atoms with Gasteiger partial charge in [0, 0.05) is 23.9 Å². The van der Waals surface area contributed by atoms with Gasteiger partial charge >= 0.3 is 6.03 Å². The van der Waals surface area contributed by atoms with E-state index in [0.29, 0.717) is 4.88 Å². The first-order valence-corrected chi connectivity index (χ1v) is 10.8. The van der Waals surface area contributed by atoms with Crippen LogP contribution in [0.1, 0.15) is 48.2 Å². The van der Waals surface area contributed by atoms with Crippen molar-refractivity contribution >= 4 is 29.2 Å². The van der Waals surface area contributed by atoms with Crippen LogP contribution in [0.4, 0.5) is 9.18 Å². The summed E-state index contributed by atoms with van der Waals surface area (Å²) in [6.07, 6.45) is 5.50. The van der Waals surface area contributed by atoms with E-state index in [1.54, 1.807) is 24.3 Å². The lowest BCUT2D eigenvalue weighted by molar-refractivity contribution is -0.121. The van der Waals surface area contributed by atoms with Gasteiger partial charge < -0.3 is 10.6 Å².